The Morgan fingerprint density at radius 2 is 1.71 bits per heavy atom. The zero-order valence-corrected chi connectivity index (χ0v) is 11.1. The number of nitro benzene ring substituents is 1. The number of fused-ring (bicyclic) bond motifs is 1. The second kappa shape index (κ2) is 5.62. The van der Waals surface area contributed by atoms with Gasteiger partial charge in [0.25, 0.3) is 11.5 Å². The van der Waals surface area contributed by atoms with Crippen LogP contribution in [0.15, 0.2) is 12.1 Å². The molecule has 0 amide bonds. The van der Waals surface area contributed by atoms with E-state index in [4.69, 9.17) is 0 Å². The molecule has 14 heteroatoms. The van der Waals surface area contributed by atoms with E-state index >= 15 is 0 Å². The molecule has 7 nitrogen and oxygen atoms in total. The average Bonchev–Trinajstić information content (AvgIpc) is 2.73. The van der Waals surface area contributed by atoms with E-state index < -0.39 is 51.9 Å². The summed E-state index contributed by atoms with van der Waals surface area (Å²) in [5.41, 5.74) is -4.83. The summed E-state index contributed by atoms with van der Waals surface area (Å²) in [4.78, 5) is 9.45. The number of aliphatic hydroxyl groups is 1. The lowest BCUT2D eigenvalue weighted by atomic mass is 10.1. The minimum absolute atomic E-state index is 0. The maximum atomic E-state index is 13.4. The largest absolute Gasteiger partial charge is 0.416 e. The van der Waals surface area contributed by atoms with Crippen LogP contribution in [0.2, 0.25) is 0 Å². The van der Waals surface area contributed by atoms with Crippen LogP contribution >= 0.6 is 0 Å². The Morgan fingerprint density at radius 3 is 2.12 bits per heavy atom. The molecule has 24 heavy (non-hydrogen) atoms. The zero-order valence-electron chi connectivity index (χ0n) is 11.1. The van der Waals surface area contributed by atoms with Gasteiger partial charge in [-0.2, -0.15) is 22.0 Å². The van der Waals surface area contributed by atoms with Gasteiger partial charge in [0, 0.05) is 6.07 Å². The topological polar surface area (TPSA) is 119 Å². The van der Waals surface area contributed by atoms with E-state index in [-0.39, 0.29) is 17.6 Å². The maximum absolute atomic E-state index is 13.4. The van der Waals surface area contributed by atoms with E-state index in [0.29, 0.717) is 0 Å². The summed E-state index contributed by atoms with van der Waals surface area (Å²) < 4.78 is 89.4. The van der Waals surface area contributed by atoms with Crippen LogP contribution in [-0.2, 0) is 6.18 Å². The molecule has 0 spiro atoms. The first kappa shape index (κ1) is 19.7. The van der Waals surface area contributed by atoms with Crippen LogP contribution in [0.1, 0.15) is 5.56 Å². The highest BCUT2D eigenvalue weighted by Gasteiger charge is 2.63. The number of rotatable bonds is 3. The molecule has 1 aromatic carbocycles. The molecule has 1 aliphatic rings. The van der Waals surface area contributed by atoms with Gasteiger partial charge in [0.15, 0.2) is 0 Å². The van der Waals surface area contributed by atoms with Crippen molar-refractivity contribution in [3.8, 4) is 0 Å². The van der Waals surface area contributed by atoms with Gasteiger partial charge in [-0.25, -0.2) is 8.78 Å². The lowest BCUT2D eigenvalue weighted by Crippen LogP contribution is -2.60. The second-order valence-corrected chi connectivity index (χ2v) is 4.56. The monoisotopic (exact) mass is 367 g/mol. The Hall–Kier alpha value is -2.35. The summed E-state index contributed by atoms with van der Waals surface area (Å²) in [6, 6.07) is 0.203. The van der Waals surface area contributed by atoms with Crippen molar-refractivity contribution >= 4 is 17.1 Å². The van der Waals surface area contributed by atoms with Crippen molar-refractivity contribution in [2.24, 2.45) is 0 Å². The van der Waals surface area contributed by atoms with Gasteiger partial charge in [0.2, 0.25) is 0 Å². The van der Waals surface area contributed by atoms with E-state index in [1.54, 1.807) is 0 Å². The number of nitrogens with one attached hydrogen (secondary N) is 2. The van der Waals surface area contributed by atoms with Crippen molar-refractivity contribution in [1.82, 2.24) is 0 Å². The number of hydrogen-bond acceptors (Lipinski definition) is 5. The lowest BCUT2D eigenvalue weighted by molar-refractivity contribution is -0.384. The third-order valence-electron chi connectivity index (χ3n) is 3.02. The first-order chi connectivity index (χ1) is 10.3. The highest BCUT2D eigenvalue weighted by Crippen LogP contribution is 2.48. The van der Waals surface area contributed by atoms with E-state index in [9.17, 15) is 46.0 Å². The molecule has 0 saturated heterocycles. The fourth-order valence-electron chi connectivity index (χ4n) is 1.90. The minimum Gasteiger partial charge on any atom is -0.412 e. The standard InChI is InChI=1S/C10H6F7N3O3.H2O/c11-7(12)8(13,14)10(21)18-4-1-3(9(15,16)17)2-5(20(22)23)6(4)19-10;/h1-2,7,18-19,21H;1H2. The molecule has 0 aliphatic carbocycles. The molecule has 1 aliphatic heterocycles. The molecule has 0 fully saturated rings. The summed E-state index contributed by atoms with van der Waals surface area (Å²) in [7, 11) is 0. The summed E-state index contributed by atoms with van der Waals surface area (Å²) in [6.45, 7) is 0. The van der Waals surface area contributed by atoms with Gasteiger partial charge < -0.3 is 21.2 Å². The predicted octanol–water partition coefficient (Wildman–Crippen LogP) is 2.17. The molecule has 1 unspecified atom stereocenters. The predicted molar refractivity (Wildman–Crippen MR) is 64.9 cm³/mol. The van der Waals surface area contributed by atoms with Crippen molar-refractivity contribution < 1.29 is 46.2 Å². The number of alkyl halides is 7. The van der Waals surface area contributed by atoms with Crippen molar-refractivity contribution in [3.05, 3.63) is 27.8 Å². The maximum Gasteiger partial charge on any atom is 0.416 e. The fourth-order valence-corrected chi connectivity index (χ4v) is 1.90. The van der Waals surface area contributed by atoms with Crippen LogP contribution in [0, 0.1) is 10.1 Å². The van der Waals surface area contributed by atoms with E-state index in [2.05, 4.69) is 0 Å². The summed E-state index contributed by atoms with van der Waals surface area (Å²) in [5.74, 6) is -9.04. The van der Waals surface area contributed by atoms with Gasteiger partial charge >= 0.3 is 18.5 Å². The number of hydrogen-bond donors (Lipinski definition) is 3. The van der Waals surface area contributed by atoms with Crippen LogP contribution in [0.3, 0.4) is 0 Å². The lowest BCUT2D eigenvalue weighted by Gasteiger charge is -2.31. The third-order valence-corrected chi connectivity index (χ3v) is 3.02. The Kier molecular flexibility index (Phi) is 4.62. The molecule has 136 valence electrons. The van der Waals surface area contributed by atoms with E-state index in [1.807, 2.05) is 0 Å². The molecule has 1 aromatic rings. The normalized spacial score (nSPS) is 20.0. The highest BCUT2D eigenvalue weighted by atomic mass is 19.4. The Morgan fingerprint density at radius 1 is 1.17 bits per heavy atom. The smallest absolute Gasteiger partial charge is 0.412 e. The van der Waals surface area contributed by atoms with E-state index in [1.165, 1.54) is 10.6 Å². The summed E-state index contributed by atoms with van der Waals surface area (Å²) >= 11 is 0. The third kappa shape index (κ3) is 2.89. The van der Waals surface area contributed by atoms with Gasteiger partial charge in [-0.3, -0.25) is 10.1 Å². The summed E-state index contributed by atoms with van der Waals surface area (Å²) in [6.07, 6.45) is -9.46. The van der Waals surface area contributed by atoms with Gasteiger partial charge in [0.1, 0.15) is 5.69 Å². The first-order valence-corrected chi connectivity index (χ1v) is 5.64. The quantitative estimate of drug-likeness (QED) is 0.430. The summed E-state index contributed by atoms with van der Waals surface area (Å²) in [5, 5.41) is 23.1. The molecule has 0 aromatic heterocycles. The number of benzene rings is 1. The van der Waals surface area contributed by atoms with Crippen molar-refractivity contribution in [1.29, 1.82) is 0 Å². The Labute approximate surface area is 127 Å². The van der Waals surface area contributed by atoms with Crippen LogP contribution in [-0.4, -0.2) is 33.7 Å². The number of nitro groups is 1. The van der Waals surface area contributed by atoms with Crippen LogP contribution in [0.4, 0.5) is 47.8 Å². The van der Waals surface area contributed by atoms with E-state index in [0.717, 1.165) is 0 Å². The molecule has 2 rings (SSSR count). The van der Waals surface area contributed by atoms with Gasteiger partial charge in [0.05, 0.1) is 16.2 Å². The zero-order chi connectivity index (χ0) is 17.8. The fraction of sp³-hybridized carbons (Fsp3) is 0.400. The molecule has 1 atom stereocenters. The molecule has 0 radical (unpaired) electrons. The highest BCUT2D eigenvalue weighted by molar-refractivity contribution is 5.85. The molecule has 5 N–H and O–H groups in total. The number of nitrogens with zero attached hydrogens (tertiary/aromatic N) is 1. The Bertz CT molecular complexity index is 667. The first-order valence-electron chi connectivity index (χ1n) is 5.64. The number of halogens is 7. The van der Waals surface area contributed by atoms with Gasteiger partial charge in [-0.15, -0.1) is 0 Å². The molecule has 0 bridgehead atoms. The average molecular weight is 367 g/mol. The molecular formula is C10H8F7N3O4. The Balaban J connectivity index is 0.00000288. The van der Waals surface area contributed by atoms with Crippen LogP contribution < -0.4 is 10.6 Å². The molecular weight excluding hydrogens is 359 g/mol. The van der Waals surface area contributed by atoms with Crippen molar-refractivity contribution in [2.75, 3.05) is 10.6 Å². The van der Waals surface area contributed by atoms with Gasteiger partial charge in [-0.05, 0) is 6.07 Å². The second-order valence-electron chi connectivity index (χ2n) is 4.56. The van der Waals surface area contributed by atoms with Gasteiger partial charge in [-0.1, -0.05) is 0 Å². The van der Waals surface area contributed by atoms with Crippen LogP contribution in [0.5, 0.6) is 0 Å². The molecule has 0 saturated carbocycles. The van der Waals surface area contributed by atoms with Crippen molar-refractivity contribution in [3.63, 3.8) is 0 Å². The van der Waals surface area contributed by atoms with Crippen LogP contribution in [0.25, 0.3) is 0 Å². The number of anilines is 2. The van der Waals surface area contributed by atoms with Crippen molar-refractivity contribution in [2.45, 2.75) is 24.4 Å². The SMILES string of the molecule is O.O=[N+]([O-])c1cc(C(F)(F)F)cc2c1NC(O)(C(F)(F)C(F)F)N2. The minimum atomic E-state index is -5.15. The molecule has 1 heterocycles.